The number of sulfonamides is 1. The van der Waals surface area contributed by atoms with E-state index in [-0.39, 0.29) is 24.3 Å². The topological polar surface area (TPSA) is 92.4 Å². The summed E-state index contributed by atoms with van der Waals surface area (Å²) in [6, 6.07) is 6.51. The van der Waals surface area contributed by atoms with Crippen LogP contribution in [0.3, 0.4) is 0 Å². The van der Waals surface area contributed by atoms with Crippen LogP contribution < -0.4 is 10.5 Å². The SMILES string of the molecule is CC(C)C(CCO)NS(=O)(=O)Cc1ccc(N)cc1. The third kappa shape index (κ3) is 5.59. The molecule has 1 aromatic carbocycles. The van der Waals surface area contributed by atoms with Gasteiger partial charge in [0.25, 0.3) is 0 Å². The molecular formula is C13H22N2O3S. The second-order valence-corrected chi connectivity index (χ2v) is 6.74. The number of anilines is 1. The smallest absolute Gasteiger partial charge is 0.216 e. The van der Waals surface area contributed by atoms with Crippen molar-refractivity contribution < 1.29 is 13.5 Å². The Kier molecular flexibility index (Phi) is 5.78. The minimum Gasteiger partial charge on any atom is -0.399 e. The lowest BCUT2D eigenvalue weighted by Gasteiger charge is -2.21. The highest BCUT2D eigenvalue weighted by Crippen LogP contribution is 2.12. The van der Waals surface area contributed by atoms with Gasteiger partial charge in [0, 0.05) is 18.3 Å². The first-order valence-corrected chi connectivity index (χ1v) is 7.94. The summed E-state index contributed by atoms with van der Waals surface area (Å²) in [5.74, 6) is 0.0513. The number of hydrogen-bond donors (Lipinski definition) is 3. The van der Waals surface area contributed by atoms with Gasteiger partial charge in [0.1, 0.15) is 0 Å². The summed E-state index contributed by atoms with van der Waals surface area (Å²) in [5, 5.41) is 8.95. The first-order chi connectivity index (χ1) is 8.84. The van der Waals surface area contributed by atoms with Crippen LogP contribution in [0.1, 0.15) is 25.8 Å². The molecule has 1 rings (SSSR count). The molecule has 0 amide bonds. The summed E-state index contributed by atoms with van der Waals surface area (Å²) >= 11 is 0. The van der Waals surface area contributed by atoms with Crippen LogP contribution >= 0.6 is 0 Å². The quantitative estimate of drug-likeness (QED) is 0.654. The first kappa shape index (κ1) is 15.9. The van der Waals surface area contributed by atoms with Crippen LogP contribution in [0.2, 0.25) is 0 Å². The Morgan fingerprint density at radius 2 is 1.84 bits per heavy atom. The fraction of sp³-hybridized carbons (Fsp3) is 0.538. The lowest BCUT2D eigenvalue weighted by Crippen LogP contribution is -2.39. The van der Waals surface area contributed by atoms with Gasteiger partial charge in [-0.05, 0) is 30.0 Å². The Balaban J connectivity index is 2.72. The van der Waals surface area contributed by atoms with Crippen LogP contribution in [0.5, 0.6) is 0 Å². The number of nitrogens with two attached hydrogens (primary N) is 1. The molecule has 6 heteroatoms. The second-order valence-electron chi connectivity index (χ2n) is 4.98. The van der Waals surface area contributed by atoms with Crippen LogP contribution in [0, 0.1) is 5.92 Å². The molecule has 0 spiro atoms. The molecule has 0 bridgehead atoms. The van der Waals surface area contributed by atoms with Crippen molar-refractivity contribution in [3.8, 4) is 0 Å². The molecule has 0 aromatic heterocycles. The Morgan fingerprint density at radius 3 is 2.32 bits per heavy atom. The van der Waals surface area contributed by atoms with E-state index in [0.29, 0.717) is 17.7 Å². The van der Waals surface area contributed by atoms with E-state index in [1.54, 1.807) is 24.3 Å². The molecule has 0 aliphatic heterocycles. The Labute approximate surface area is 114 Å². The standard InChI is InChI=1S/C13H22N2O3S/c1-10(2)13(7-8-16)15-19(17,18)9-11-3-5-12(14)6-4-11/h3-6,10,13,15-16H,7-9,14H2,1-2H3. The van der Waals surface area contributed by atoms with E-state index < -0.39 is 10.0 Å². The summed E-state index contributed by atoms with van der Waals surface area (Å²) in [6.45, 7) is 3.81. The van der Waals surface area contributed by atoms with Gasteiger partial charge in [-0.2, -0.15) is 0 Å². The van der Waals surface area contributed by atoms with E-state index in [4.69, 9.17) is 10.8 Å². The third-order valence-corrected chi connectivity index (χ3v) is 4.29. The van der Waals surface area contributed by atoms with Gasteiger partial charge in [0.15, 0.2) is 0 Å². The molecule has 0 saturated carbocycles. The molecule has 0 radical (unpaired) electrons. The van der Waals surface area contributed by atoms with E-state index in [9.17, 15) is 8.42 Å². The van der Waals surface area contributed by atoms with Crippen molar-refractivity contribution in [3.05, 3.63) is 29.8 Å². The second kappa shape index (κ2) is 6.88. The Morgan fingerprint density at radius 1 is 1.26 bits per heavy atom. The van der Waals surface area contributed by atoms with Gasteiger partial charge in [-0.1, -0.05) is 26.0 Å². The first-order valence-electron chi connectivity index (χ1n) is 6.29. The number of aliphatic hydroxyl groups excluding tert-OH is 1. The van der Waals surface area contributed by atoms with Gasteiger partial charge < -0.3 is 10.8 Å². The molecule has 1 atom stereocenters. The number of rotatable bonds is 7. The van der Waals surface area contributed by atoms with Crippen LogP contribution in [-0.2, 0) is 15.8 Å². The molecule has 0 heterocycles. The lowest BCUT2D eigenvalue weighted by atomic mass is 10.0. The van der Waals surface area contributed by atoms with Crippen molar-refractivity contribution in [2.45, 2.75) is 32.1 Å². The maximum absolute atomic E-state index is 12.1. The van der Waals surface area contributed by atoms with E-state index in [0.717, 1.165) is 0 Å². The Hall–Kier alpha value is -1.11. The largest absolute Gasteiger partial charge is 0.399 e. The van der Waals surface area contributed by atoms with Crippen molar-refractivity contribution in [1.29, 1.82) is 0 Å². The zero-order chi connectivity index (χ0) is 14.5. The predicted molar refractivity (Wildman–Crippen MR) is 76.9 cm³/mol. The minimum atomic E-state index is -3.42. The maximum Gasteiger partial charge on any atom is 0.216 e. The van der Waals surface area contributed by atoms with Crippen LogP contribution in [-0.4, -0.2) is 26.2 Å². The summed E-state index contributed by atoms with van der Waals surface area (Å²) < 4.78 is 26.7. The van der Waals surface area contributed by atoms with Gasteiger partial charge in [-0.3, -0.25) is 0 Å². The van der Waals surface area contributed by atoms with Gasteiger partial charge in [0.2, 0.25) is 10.0 Å². The zero-order valence-corrected chi connectivity index (χ0v) is 12.2. The van der Waals surface area contributed by atoms with Crippen LogP contribution in [0.15, 0.2) is 24.3 Å². The van der Waals surface area contributed by atoms with E-state index in [1.807, 2.05) is 13.8 Å². The molecule has 0 aliphatic rings. The van der Waals surface area contributed by atoms with Gasteiger partial charge in [-0.15, -0.1) is 0 Å². The van der Waals surface area contributed by atoms with Gasteiger partial charge in [0.05, 0.1) is 5.75 Å². The number of nitrogens with one attached hydrogen (secondary N) is 1. The minimum absolute atomic E-state index is 0.0345. The molecule has 5 nitrogen and oxygen atoms in total. The molecule has 0 fully saturated rings. The van der Waals surface area contributed by atoms with Gasteiger partial charge >= 0.3 is 0 Å². The highest BCUT2D eigenvalue weighted by atomic mass is 32.2. The normalized spacial score (nSPS) is 13.7. The van der Waals surface area contributed by atoms with E-state index in [2.05, 4.69) is 4.72 Å². The maximum atomic E-state index is 12.1. The van der Waals surface area contributed by atoms with Crippen molar-refractivity contribution >= 4 is 15.7 Å². The number of aliphatic hydroxyl groups is 1. The Bertz CT molecular complexity index is 483. The van der Waals surface area contributed by atoms with Gasteiger partial charge in [-0.25, -0.2) is 13.1 Å². The molecule has 19 heavy (non-hydrogen) atoms. The number of nitrogen functional groups attached to an aromatic ring is 1. The number of hydrogen-bond acceptors (Lipinski definition) is 4. The van der Waals surface area contributed by atoms with Crippen molar-refractivity contribution in [2.75, 3.05) is 12.3 Å². The summed E-state index contributed by atoms with van der Waals surface area (Å²) in [7, 11) is -3.42. The van der Waals surface area contributed by atoms with Crippen LogP contribution in [0.4, 0.5) is 5.69 Å². The summed E-state index contributed by atoms with van der Waals surface area (Å²) in [6.07, 6.45) is 0.415. The highest BCUT2D eigenvalue weighted by Gasteiger charge is 2.20. The summed E-state index contributed by atoms with van der Waals surface area (Å²) in [4.78, 5) is 0. The molecule has 4 N–H and O–H groups in total. The average molecular weight is 286 g/mol. The molecule has 0 aliphatic carbocycles. The average Bonchev–Trinajstić information content (AvgIpc) is 2.31. The predicted octanol–water partition coefficient (Wildman–Crippen LogP) is 1.10. The van der Waals surface area contributed by atoms with Crippen LogP contribution in [0.25, 0.3) is 0 Å². The molecular weight excluding hydrogens is 264 g/mol. The zero-order valence-electron chi connectivity index (χ0n) is 11.3. The fourth-order valence-corrected chi connectivity index (χ4v) is 3.34. The highest BCUT2D eigenvalue weighted by molar-refractivity contribution is 7.88. The van der Waals surface area contributed by atoms with E-state index >= 15 is 0 Å². The number of benzene rings is 1. The third-order valence-electron chi connectivity index (χ3n) is 2.91. The molecule has 108 valence electrons. The molecule has 1 unspecified atom stereocenters. The molecule has 0 saturated heterocycles. The lowest BCUT2D eigenvalue weighted by molar-refractivity contribution is 0.256. The van der Waals surface area contributed by atoms with Crippen molar-refractivity contribution in [1.82, 2.24) is 4.72 Å². The fourth-order valence-electron chi connectivity index (χ4n) is 1.77. The summed E-state index contributed by atoms with van der Waals surface area (Å²) in [5.41, 5.74) is 6.85. The van der Waals surface area contributed by atoms with E-state index in [1.165, 1.54) is 0 Å². The molecule has 1 aromatic rings. The van der Waals surface area contributed by atoms with Crippen molar-refractivity contribution in [3.63, 3.8) is 0 Å². The monoisotopic (exact) mass is 286 g/mol. The van der Waals surface area contributed by atoms with Crippen molar-refractivity contribution in [2.24, 2.45) is 5.92 Å².